The van der Waals surface area contributed by atoms with Crippen LogP contribution in [-0.2, 0) is 30.8 Å². The van der Waals surface area contributed by atoms with E-state index in [0.29, 0.717) is 23.4 Å². The molecule has 1 saturated heterocycles. The third kappa shape index (κ3) is 7.80. The van der Waals surface area contributed by atoms with Gasteiger partial charge in [0.25, 0.3) is 0 Å². The van der Waals surface area contributed by atoms with Crippen molar-refractivity contribution < 1.29 is 32.3 Å². The second-order valence-corrected chi connectivity index (χ2v) is 12.5. The first-order chi connectivity index (χ1) is 18.7. The number of rotatable bonds is 8. The number of amides is 2. The average molecular weight is 571 g/mol. The molecule has 0 aliphatic carbocycles. The maximum absolute atomic E-state index is 13.4. The van der Waals surface area contributed by atoms with Crippen molar-refractivity contribution in [3.8, 4) is 5.75 Å². The van der Waals surface area contributed by atoms with Crippen LogP contribution in [0.5, 0.6) is 5.75 Å². The van der Waals surface area contributed by atoms with Gasteiger partial charge in [0.15, 0.2) is 5.69 Å². The number of carbonyl (C=O) groups excluding carboxylic acids is 3. The number of sulfonamides is 1. The molecule has 214 valence electrons. The molecule has 3 rings (SSSR count). The lowest BCUT2D eigenvalue weighted by atomic mass is 10.0. The molecule has 1 aliphatic rings. The first-order valence-corrected chi connectivity index (χ1v) is 14.2. The molecule has 0 saturated carbocycles. The van der Waals surface area contributed by atoms with E-state index in [4.69, 9.17) is 16.0 Å². The fraction of sp³-hybridized carbons (Fsp3) is 0.429. The van der Waals surface area contributed by atoms with Crippen molar-refractivity contribution in [1.29, 1.82) is 0 Å². The van der Waals surface area contributed by atoms with Gasteiger partial charge in [-0.15, -0.1) is 0 Å². The Labute approximate surface area is 234 Å². The van der Waals surface area contributed by atoms with Gasteiger partial charge in [0.2, 0.25) is 15.9 Å². The van der Waals surface area contributed by atoms with Crippen molar-refractivity contribution in [2.75, 3.05) is 20.6 Å². The van der Waals surface area contributed by atoms with Crippen LogP contribution in [0.2, 0.25) is 0 Å². The van der Waals surface area contributed by atoms with Gasteiger partial charge >= 0.3 is 12.1 Å². The van der Waals surface area contributed by atoms with Crippen LogP contribution in [0.1, 0.15) is 39.2 Å². The topological polar surface area (TPSA) is 127 Å². The molecule has 12 heteroatoms. The molecular formula is C28H34N4O7S. The smallest absolute Gasteiger partial charge is 0.414 e. The molecule has 1 heterocycles. The minimum Gasteiger partial charge on any atom is -0.458 e. The number of nitrogens with zero attached hydrogens (tertiary/aromatic N) is 3. The van der Waals surface area contributed by atoms with Crippen molar-refractivity contribution in [3.63, 3.8) is 0 Å². The van der Waals surface area contributed by atoms with Crippen LogP contribution in [0.4, 0.5) is 10.5 Å². The molecule has 2 aromatic rings. The van der Waals surface area contributed by atoms with Gasteiger partial charge in [-0.05, 0) is 51.3 Å². The number of ether oxygens (including phenoxy) is 2. The standard InChI is InChI=1S/C28H34N4O7S/c1-28(2,3)39-26(34)23(18-19-9-13-21(14-10-19)38-27(35)31(5)6)30-25(33)24-8-7-17-32(24)40(36,37)22-15-11-20(29-4)12-16-22/h9-16,23-24H,7-8,17-18H2,1-3,5-6H3,(H,30,33)/t23-,24-/m0/s1. The van der Waals surface area contributed by atoms with E-state index in [9.17, 15) is 22.8 Å². The van der Waals surface area contributed by atoms with Crippen LogP contribution in [0, 0.1) is 6.57 Å². The molecule has 1 N–H and O–H groups in total. The van der Waals surface area contributed by atoms with Gasteiger partial charge in [0.1, 0.15) is 23.4 Å². The van der Waals surface area contributed by atoms with Gasteiger partial charge < -0.3 is 19.7 Å². The van der Waals surface area contributed by atoms with Gasteiger partial charge in [-0.1, -0.05) is 36.4 Å². The van der Waals surface area contributed by atoms with Crippen LogP contribution < -0.4 is 10.1 Å². The lowest BCUT2D eigenvalue weighted by molar-refractivity contribution is -0.158. The van der Waals surface area contributed by atoms with Crippen LogP contribution in [0.25, 0.3) is 4.85 Å². The van der Waals surface area contributed by atoms with Crippen molar-refractivity contribution in [2.45, 2.75) is 62.6 Å². The largest absolute Gasteiger partial charge is 0.458 e. The minimum atomic E-state index is -4.01. The predicted molar refractivity (Wildman–Crippen MR) is 147 cm³/mol. The van der Waals surface area contributed by atoms with Gasteiger partial charge in [-0.3, -0.25) is 4.79 Å². The molecule has 0 spiro atoms. The Morgan fingerprint density at radius 2 is 1.73 bits per heavy atom. The first-order valence-electron chi connectivity index (χ1n) is 12.7. The molecular weight excluding hydrogens is 536 g/mol. The maximum Gasteiger partial charge on any atom is 0.414 e. The number of nitrogens with one attached hydrogen (secondary N) is 1. The Balaban J connectivity index is 1.80. The van der Waals surface area contributed by atoms with Crippen molar-refractivity contribution in [2.24, 2.45) is 0 Å². The predicted octanol–water partition coefficient (Wildman–Crippen LogP) is 3.52. The van der Waals surface area contributed by atoms with Crippen molar-refractivity contribution >= 4 is 33.7 Å². The fourth-order valence-corrected chi connectivity index (χ4v) is 5.73. The number of benzene rings is 2. The van der Waals surface area contributed by atoms with E-state index in [2.05, 4.69) is 10.2 Å². The Hall–Kier alpha value is -3.95. The Kier molecular flexibility index (Phi) is 9.55. The maximum atomic E-state index is 13.4. The second-order valence-electron chi connectivity index (χ2n) is 10.6. The molecule has 1 aliphatic heterocycles. The van der Waals surface area contributed by atoms with Crippen LogP contribution >= 0.6 is 0 Å². The normalized spacial score (nSPS) is 16.4. The summed E-state index contributed by atoms with van der Waals surface area (Å²) in [5, 5.41) is 2.71. The highest BCUT2D eigenvalue weighted by molar-refractivity contribution is 7.89. The van der Waals surface area contributed by atoms with E-state index in [1.54, 1.807) is 59.1 Å². The SMILES string of the molecule is [C-]#[N+]c1ccc(S(=O)(=O)N2CCC[C@H]2C(=O)N[C@@H](Cc2ccc(OC(=O)N(C)C)cc2)C(=O)OC(C)(C)C)cc1. The fourth-order valence-electron chi connectivity index (χ4n) is 4.07. The summed E-state index contributed by atoms with van der Waals surface area (Å²) in [5.74, 6) is -0.950. The summed E-state index contributed by atoms with van der Waals surface area (Å²) >= 11 is 0. The van der Waals surface area contributed by atoms with Gasteiger partial charge in [-0.2, -0.15) is 4.31 Å². The van der Waals surface area contributed by atoms with E-state index in [-0.39, 0.29) is 24.3 Å². The summed E-state index contributed by atoms with van der Waals surface area (Å²) < 4.78 is 38.6. The molecule has 0 aromatic heterocycles. The molecule has 1 fully saturated rings. The molecule has 0 unspecified atom stereocenters. The highest BCUT2D eigenvalue weighted by Gasteiger charge is 2.41. The van der Waals surface area contributed by atoms with Gasteiger partial charge in [-0.25, -0.2) is 22.9 Å². The molecule has 2 amide bonds. The third-order valence-electron chi connectivity index (χ3n) is 6.02. The highest BCUT2D eigenvalue weighted by atomic mass is 32.2. The van der Waals surface area contributed by atoms with E-state index in [1.165, 1.54) is 29.2 Å². The van der Waals surface area contributed by atoms with Crippen molar-refractivity contribution in [3.05, 3.63) is 65.5 Å². The second kappa shape index (κ2) is 12.5. The van der Waals surface area contributed by atoms with Crippen LogP contribution in [0.3, 0.4) is 0 Å². The third-order valence-corrected chi connectivity index (χ3v) is 7.94. The number of hydrogen-bond donors (Lipinski definition) is 1. The first kappa shape index (κ1) is 30.6. The summed E-state index contributed by atoms with van der Waals surface area (Å²) in [5.41, 5.74) is 0.153. The minimum absolute atomic E-state index is 0.0154. The zero-order valence-corrected chi connectivity index (χ0v) is 24.0. The number of esters is 1. The van der Waals surface area contributed by atoms with Crippen molar-refractivity contribution in [1.82, 2.24) is 14.5 Å². The Bertz CT molecular complexity index is 1380. The highest BCUT2D eigenvalue weighted by Crippen LogP contribution is 2.28. The van der Waals surface area contributed by atoms with Crippen LogP contribution in [-0.4, -0.2) is 73.9 Å². The van der Waals surface area contributed by atoms with E-state index < -0.39 is 45.7 Å². The summed E-state index contributed by atoms with van der Waals surface area (Å²) in [6.07, 6.45) is 0.296. The summed E-state index contributed by atoms with van der Waals surface area (Å²) in [4.78, 5) is 42.9. The molecule has 2 atom stereocenters. The Morgan fingerprint density at radius 1 is 1.10 bits per heavy atom. The molecule has 11 nitrogen and oxygen atoms in total. The van der Waals surface area contributed by atoms with Crippen LogP contribution in [0.15, 0.2) is 53.4 Å². The molecule has 40 heavy (non-hydrogen) atoms. The van der Waals surface area contributed by atoms with Gasteiger partial charge in [0, 0.05) is 27.1 Å². The van der Waals surface area contributed by atoms with E-state index in [1.807, 2.05) is 0 Å². The molecule has 0 radical (unpaired) electrons. The molecule has 0 bridgehead atoms. The summed E-state index contributed by atoms with van der Waals surface area (Å²) in [7, 11) is -0.889. The number of hydrogen-bond acceptors (Lipinski definition) is 7. The average Bonchev–Trinajstić information content (AvgIpc) is 3.39. The molecule has 2 aromatic carbocycles. The van der Waals surface area contributed by atoms with E-state index >= 15 is 0 Å². The van der Waals surface area contributed by atoms with Gasteiger partial charge in [0.05, 0.1) is 11.5 Å². The number of carbonyl (C=O) groups is 3. The lowest BCUT2D eigenvalue weighted by Crippen LogP contribution is -2.52. The monoisotopic (exact) mass is 570 g/mol. The van der Waals surface area contributed by atoms with E-state index in [0.717, 1.165) is 4.31 Å². The Morgan fingerprint density at radius 3 is 2.27 bits per heavy atom. The summed E-state index contributed by atoms with van der Waals surface area (Å²) in [6.45, 7) is 12.3. The zero-order chi connectivity index (χ0) is 29.7. The summed E-state index contributed by atoms with van der Waals surface area (Å²) in [6, 6.07) is 9.91. The zero-order valence-electron chi connectivity index (χ0n) is 23.2. The lowest BCUT2D eigenvalue weighted by Gasteiger charge is -2.28. The quantitative estimate of drug-likeness (QED) is 0.380.